The quantitative estimate of drug-likeness (QED) is 0.667. The van der Waals surface area contributed by atoms with Crippen molar-refractivity contribution in [2.75, 3.05) is 5.43 Å². The Hall–Kier alpha value is -1.40. The van der Waals surface area contributed by atoms with Gasteiger partial charge in [-0.2, -0.15) is 0 Å². The normalized spacial score (nSPS) is 18.2. The van der Waals surface area contributed by atoms with Crippen molar-refractivity contribution in [1.82, 2.24) is 9.55 Å². The molecule has 2 aromatic heterocycles. The molecule has 0 bridgehead atoms. The lowest BCUT2D eigenvalue weighted by molar-refractivity contribution is 0.218. The van der Waals surface area contributed by atoms with Gasteiger partial charge in [0.25, 0.3) is 5.56 Å². The summed E-state index contributed by atoms with van der Waals surface area (Å²) in [5.41, 5.74) is 4.17. The molecule has 0 radical (unpaired) electrons. The van der Waals surface area contributed by atoms with E-state index in [2.05, 4.69) is 31.2 Å². The Morgan fingerprint density at radius 3 is 2.78 bits per heavy atom. The molecule has 5 nitrogen and oxygen atoms in total. The molecular weight excluding hydrogens is 308 g/mol. The second-order valence-corrected chi connectivity index (χ2v) is 8.61. The van der Waals surface area contributed by atoms with E-state index < -0.39 is 0 Å². The van der Waals surface area contributed by atoms with Crippen LogP contribution in [-0.2, 0) is 19.4 Å². The highest BCUT2D eigenvalue weighted by Crippen LogP contribution is 2.42. The number of hydrogen-bond acceptors (Lipinski definition) is 5. The summed E-state index contributed by atoms with van der Waals surface area (Å²) in [5.74, 6) is 6.70. The fourth-order valence-electron chi connectivity index (χ4n) is 3.54. The summed E-state index contributed by atoms with van der Waals surface area (Å²) in [6.45, 7) is 9.60. The van der Waals surface area contributed by atoms with Gasteiger partial charge >= 0.3 is 0 Å². The number of nitrogens with two attached hydrogens (primary N) is 1. The van der Waals surface area contributed by atoms with Gasteiger partial charge < -0.3 is 0 Å². The van der Waals surface area contributed by atoms with Crippen LogP contribution in [0.3, 0.4) is 0 Å². The SMILES string of the molecule is CCCn1c(NN)nc2sc3c(c2c1=O)CCC(C(C)(C)C)C3. The van der Waals surface area contributed by atoms with E-state index in [0.717, 1.165) is 35.9 Å². The fraction of sp³-hybridized carbons (Fsp3) is 0.647. The maximum atomic E-state index is 12.9. The van der Waals surface area contributed by atoms with Gasteiger partial charge in [-0.1, -0.05) is 27.7 Å². The predicted molar refractivity (Wildman–Crippen MR) is 97.0 cm³/mol. The molecule has 126 valence electrons. The number of nitrogens with zero attached hydrogens (tertiary/aromatic N) is 2. The minimum Gasteiger partial charge on any atom is -0.294 e. The third-order valence-electron chi connectivity index (χ3n) is 4.97. The summed E-state index contributed by atoms with van der Waals surface area (Å²) >= 11 is 1.67. The lowest BCUT2D eigenvalue weighted by Gasteiger charge is -2.33. The van der Waals surface area contributed by atoms with Gasteiger partial charge in [-0.25, -0.2) is 10.8 Å². The van der Waals surface area contributed by atoms with Crippen molar-refractivity contribution in [3.8, 4) is 0 Å². The molecule has 0 saturated heterocycles. The van der Waals surface area contributed by atoms with Crippen LogP contribution in [0.2, 0.25) is 0 Å². The molecule has 1 aliphatic carbocycles. The lowest BCUT2D eigenvalue weighted by atomic mass is 9.72. The standard InChI is InChI=1S/C17H26N4OS/c1-5-8-21-15(22)13-11-7-6-10(17(2,3)4)9-12(11)23-14(13)19-16(21)20-18/h10H,5-9,18H2,1-4H3,(H,19,20). The van der Waals surface area contributed by atoms with Crippen LogP contribution in [0.1, 0.15) is 51.0 Å². The lowest BCUT2D eigenvalue weighted by Crippen LogP contribution is -2.28. The van der Waals surface area contributed by atoms with E-state index in [9.17, 15) is 4.79 Å². The molecule has 0 saturated carbocycles. The zero-order valence-electron chi connectivity index (χ0n) is 14.4. The smallest absolute Gasteiger partial charge is 0.263 e. The predicted octanol–water partition coefficient (Wildman–Crippen LogP) is 3.30. The summed E-state index contributed by atoms with van der Waals surface area (Å²) in [7, 11) is 0. The van der Waals surface area contributed by atoms with Gasteiger partial charge in [0.05, 0.1) is 5.39 Å². The molecule has 3 rings (SSSR count). The van der Waals surface area contributed by atoms with E-state index in [1.54, 1.807) is 15.9 Å². The van der Waals surface area contributed by atoms with Crippen molar-refractivity contribution in [2.45, 2.75) is 59.9 Å². The fourth-order valence-corrected chi connectivity index (χ4v) is 4.83. The van der Waals surface area contributed by atoms with E-state index in [1.165, 1.54) is 10.4 Å². The van der Waals surface area contributed by atoms with Crippen LogP contribution in [0.5, 0.6) is 0 Å². The Morgan fingerprint density at radius 2 is 2.17 bits per heavy atom. The first-order valence-corrected chi connectivity index (χ1v) is 9.20. The van der Waals surface area contributed by atoms with Gasteiger partial charge in [-0.3, -0.25) is 14.8 Å². The molecular formula is C17H26N4OS. The maximum absolute atomic E-state index is 12.9. The monoisotopic (exact) mass is 334 g/mol. The Morgan fingerprint density at radius 1 is 1.43 bits per heavy atom. The van der Waals surface area contributed by atoms with Crippen LogP contribution < -0.4 is 16.8 Å². The van der Waals surface area contributed by atoms with Crippen molar-refractivity contribution >= 4 is 27.5 Å². The van der Waals surface area contributed by atoms with Crippen molar-refractivity contribution in [2.24, 2.45) is 17.2 Å². The van der Waals surface area contributed by atoms with Crippen molar-refractivity contribution in [3.63, 3.8) is 0 Å². The van der Waals surface area contributed by atoms with Crippen LogP contribution in [0.4, 0.5) is 5.95 Å². The number of nitrogen functional groups attached to an aromatic ring is 1. The van der Waals surface area contributed by atoms with Gasteiger partial charge in [0.2, 0.25) is 5.95 Å². The second-order valence-electron chi connectivity index (χ2n) is 7.53. The molecule has 0 spiro atoms. The van der Waals surface area contributed by atoms with Crippen molar-refractivity contribution in [1.29, 1.82) is 0 Å². The summed E-state index contributed by atoms with van der Waals surface area (Å²) in [4.78, 5) is 19.7. The minimum absolute atomic E-state index is 0.0523. The number of thiophene rings is 1. The number of fused-ring (bicyclic) bond motifs is 3. The highest BCUT2D eigenvalue weighted by Gasteiger charge is 2.32. The molecule has 6 heteroatoms. The molecule has 0 amide bonds. The van der Waals surface area contributed by atoms with Gasteiger partial charge in [0, 0.05) is 11.4 Å². The van der Waals surface area contributed by atoms with Crippen LogP contribution in [0.15, 0.2) is 4.79 Å². The van der Waals surface area contributed by atoms with Crippen LogP contribution in [0.25, 0.3) is 10.2 Å². The molecule has 2 aromatic rings. The topological polar surface area (TPSA) is 72.9 Å². The number of nitrogens with one attached hydrogen (secondary N) is 1. The molecule has 1 aliphatic rings. The van der Waals surface area contributed by atoms with Gasteiger partial charge in [0.1, 0.15) is 4.83 Å². The van der Waals surface area contributed by atoms with Crippen LogP contribution in [-0.4, -0.2) is 9.55 Å². The number of aromatic nitrogens is 2. The molecule has 0 aromatic carbocycles. The number of hydrogen-bond donors (Lipinski definition) is 2. The van der Waals surface area contributed by atoms with Gasteiger partial charge in [-0.15, -0.1) is 11.3 Å². The Kier molecular flexibility index (Phi) is 4.23. The molecule has 0 aliphatic heterocycles. The van der Waals surface area contributed by atoms with E-state index in [4.69, 9.17) is 5.84 Å². The van der Waals surface area contributed by atoms with Gasteiger partial charge in [0.15, 0.2) is 0 Å². The van der Waals surface area contributed by atoms with E-state index in [-0.39, 0.29) is 5.56 Å². The Balaban J connectivity index is 2.15. The first kappa shape index (κ1) is 16.5. The zero-order valence-corrected chi connectivity index (χ0v) is 15.2. The Labute approximate surface area is 140 Å². The molecule has 2 heterocycles. The molecule has 1 atom stereocenters. The number of rotatable bonds is 3. The highest BCUT2D eigenvalue weighted by atomic mass is 32.1. The summed E-state index contributed by atoms with van der Waals surface area (Å²) in [6.07, 6.45) is 4.06. The minimum atomic E-state index is 0.0523. The van der Waals surface area contributed by atoms with E-state index >= 15 is 0 Å². The summed E-state index contributed by atoms with van der Waals surface area (Å²) in [6, 6.07) is 0. The van der Waals surface area contributed by atoms with Crippen LogP contribution in [0, 0.1) is 11.3 Å². The molecule has 0 fully saturated rings. The first-order chi connectivity index (χ1) is 10.9. The van der Waals surface area contributed by atoms with Crippen LogP contribution >= 0.6 is 11.3 Å². The third-order valence-corrected chi connectivity index (χ3v) is 6.12. The average Bonchev–Trinajstić information content (AvgIpc) is 2.86. The molecule has 23 heavy (non-hydrogen) atoms. The maximum Gasteiger partial charge on any atom is 0.263 e. The number of aryl methyl sites for hydroxylation is 1. The van der Waals surface area contributed by atoms with E-state index in [0.29, 0.717) is 23.8 Å². The Bertz CT molecular complexity index is 784. The first-order valence-electron chi connectivity index (χ1n) is 8.38. The van der Waals surface area contributed by atoms with Gasteiger partial charge in [-0.05, 0) is 42.6 Å². The number of anilines is 1. The van der Waals surface area contributed by atoms with E-state index in [1.807, 2.05) is 6.92 Å². The number of hydrazine groups is 1. The summed E-state index contributed by atoms with van der Waals surface area (Å²) < 4.78 is 1.67. The average molecular weight is 334 g/mol. The molecule has 3 N–H and O–H groups in total. The van der Waals surface area contributed by atoms with Crippen molar-refractivity contribution in [3.05, 3.63) is 20.8 Å². The zero-order chi connectivity index (χ0) is 16.8. The largest absolute Gasteiger partial charge is 0.294 e. The highest BCUT2D eigenvalue weighted by molar-refractivity contribution is 7.18. The summed E-state index contributed by atoms with van der Waals surface area (Å²) in [5, 5.41) is 0.824. The second kappa shape index (κ2) is 5.91. The third kappa shape index (κ3) is 2.78. The van der Waals surface area contributed by atoms with Crippen molar-refractivity contribution < 1.29 is 0 Å². The molecule has 1 unspecified atom stereocenters.